The van der Waals surface area contributed by atoms with Gasteiger partial charge in [0.2, 0.25) is 0 Å². The second kappa shape index (κ2) is 8.09. The van der Waals surface area contributed by atoms with Gasteiger partial charge >= 0.3 is 12.1 Å². The van der Waals surface area contributed by atoms with E-state index in [2.05, 4.69) is 22.5 Å². The van der Waals surface area contributed by atoms with Crippen LogP contribution < -0.4 is 5.32 Å². The lowest BCUT2D eigenvalue weighted by Gasteiger charge is -2.26. The standard InChI is InChI=1S/C26H23N3O4/c1-26(24(30)31,16-29-23-13-7-2-8-17(23)14-27-29)28-25(32)33-15-22-20-11-5-3-9-18(20)19-10-4-6-12-21(19)22/h2-14,22H,15-16H2,1H3,(H,28,32)(H,30,31). The van der Waals surface area contributed by atoms with E-state index in [1.165, 1.54) is 6.92 Å². The van der Waals surface area contributed by atoms with Gasteiger partial charge in [0.05, 0.1) is 18.3 Å². The van der Waals surface area contributed by atoms with Crippen LogP contribution in [0.4, 0.5) is 4.79 Å². The lowest BCUT2D eigenvalue weighted by molar-refractivity contribution is -0.144. The van der Waals surface area contributed by atoms with Gasteiger partial charge in [-0.15, -0.1) is 0 Å². The Labute approximate surface area is 190 Å². The SMILES string of the molecule is CC(Cn1ncc2ccccc21)(NC(=O)OCC1c2ccccc2-c2ccccc21)C(=O)O. The summed E-state index contributed by atoms with van der Waals surface area (Å²) in [7, 11) is 0. The highest BCUT2D eigenvalue weighted by atomic mass is 16.5. The predicted molar refractivity (Wildman–Crippen MR) is 124 cm³/mol. The monoisotopic (exact) mass is 441 g/mol. The maximum atomic E-state index is 12.7. The molecular formula is C26H23N3O4. The van der Waals surface area contributed by atoms with Crippen molar-refractivity contribution in [3.05, 3.63) is 90.1 Å². The third-order valence-corrected chi connectivity index (χ3v) is 6.21. The summed E-state index contributed by atoms with van der Waals surface area (Å²) in [6.45, 7) is 1.52. The van der Waals surface area contributed by atoms with Crippen molar-refractivity contribution in [3.63, 3.8) is 0 Å². The van der Waals surface area contributed by atoms with Crippen molar-refractivity contribution in [2.75, 3.05) is 6.61 Å². The van der Waals surface area contributed by atoms with Crippen LogP contribution in [0.2, 0.25) is 0 Å². The van der Waals surface area contributed by atoms with Gasteiger partial charge in [-0.1, -0.05) is 66.7 Å². The van der Waals surface area contributed by atoms with Gasteiger partial charge in [0.15, 0.2) is 5.54 Å². The first-order valence-electron chi connectivity index (χ1n) is 10.7. The Morgan fingerprint density at radius 2 is 1.61 bits per heavy atom. The maximum Gasteiger partial charge on any atom is 0.408 e. The van der Waals surface area contributed by atoms with E-state index in [1.54, 1.807) is 10.9 Å². The lowest BCUT2D eigenvalue weighted by Crippen LogP contribution is -2.55. The zero-order valence-corrected chi connectivity index (χ0v) is 18.1. The fraction of sp³-hybridized carbons (Fsp3) is 0.192. The molecule has 0 saturated heterocycles. The Bertz CT molecular complexity index is 1320. The molecule has 1 amide bonds. The van der Waals surface area contributed by atoms with Gasteiger partial charge in [-0.3, -0.25) is 4.68 Å². The topological polar surface area (TPSA) is 93.5 Å². The molecule has 2 N–H and O–H groups in total. The van der Waals surface area contributed by atoms with Crippen LogP contribution in [0.25, 0.3) is 22.0 Å². The molecule has 4 aromatic rings. The minimum Gasteiger partial charge on any atom is -0.479 e. The molecule has 0 saturated carbocycles. The number of hydrogen-bond donors (Lipinski definition) is 2. The largest absolute Gasteiger partial charge is 0.479 e. The van der Waals surface area contributed by atoms with E-state index in [0.29, 0.717) is 0 Å². The number of para-hydroxylation sites is 1. The number of rotatable bonds is 6. The molecular weight excluding hydrogens is 418 g/mol. The number of fused-ring (bicyclic) bond motifs is 4. The number of carbonyl (C=O) groups excluding carboxylic acids is 1. The predicted octanol–water partition coefficient (Wildman–Crippen LogP) is 4.42. The Hall–Kier alpha value is -4.13. The van der Waals surface area contributed by atoms with Crippen molar-refractivity contribution in [2.45, 2.75) is 24.9 Å². The average molecular weight is 441 g/mol. The molecule has 0 fully saturated rings. The number of carboxylic acids is 1. The highest BCUT2D eigenvalue weighted by Gasteiger charge is 2.37. The third kappa shape index (κ3) is 3.71. The van der Waals surface area contributed by atoms with Crippen molar-refractivity contribution >= 4 is 23.0 Å². The molecule has 1 atom stereocenters. The van der Waals surface area contributed by atoms with E-state index in [1.807, 2.05) is 60.7 Å². The Balaban J connectivity index is 1.32. The van der Waals surface area contributed by atoms with Crippen molar-refractivity contribution in [1.29, 1.82) is 0 Å². The molecule has 166 valence electrons. The smallest absolute Gasteiger partial charge is 0.408 e. The van der Waals surface area contributed by atoms with Crippen LogP contribution in [0, 0.1) is 0 Å². The lowest BCUT2D eigenvalue weighted by atomic mass is 9.98. The first-order valence-corrected chi connectivity index (χ1v) is 10.7. The number of aromatic nitrogens is 2. The number of carbonyl (C=O) groups is 2. The second-order valence-corrected chi connectivity index (χ2v) is 8.45. The summed E-state index contributed by atoms with van der Waals surface area (Å²) in [5.74, 6) is -1.27. The van der Waals surface area contributed by atoms with Gasteiger partial charge < -0.3 is 15.2 Å². The van der Waals surface area contributed by atoms with Crippen LogP contribution in [0.1, 0.15) is 24.0 Å². The van der Waals surface area contributed by atoms with E-state index >= 15 is 0 Å². The molecule has 1 aromatic heterocycles. The highest BCUT2D eigenvalue weighted by molar-refractivity contribution is 5.85. The fourth-order valence-corrected chi connectivity index (χ4v) is 4.47. The minimum absolute atomic E-state index is 0.0416. The molecule has 7 nitrogen and oxygen atoms in total. The molecule has 33 heavy (non-hydrogen) atoms. The van der Waals surface area contributed by atoms with Crippen LogP contribution in [0.3, 0.4) is 0 Å². The Kier molecular flexibility index (Phi) is 5.09. The van der Waals surface area contributed by atoms with E-state index in [0.717, 1.165) is 33.2 Å². The van der Waals surface area contributed by atoms with Crippen molar-refractivity contribution in [2.24, 2.45) is 0 Å². The fourth-order valence-electron chi connectivity index (χ4n) is 4.47. The van der Waals surface area contributed by atoms with Crippen molar-refractivity contribution in [1.82, 2.24) is 15.1 Å². The average Bonchev–Trinajstić information content (AvgIpc) is 3.36. The van der Waals surface area contributed by atoms with Gasteiger partial charge in [0.25, 0.3) is 0 Å². The van der Waals surface area contributed by atoms with Gasteiger partial charge in [0.1, 0.15) is 6.61 Å². The Morgan fingerprint density at radius 1 is 1.00 bits per heavy atom. The van der Waals surface area contributed by atoms with E-state index in [-0.39, 0.29) is 19.1 Å². The molecule has 1 aliphatic rings. The summed E-state index contributed by atoms with van der Waals surface area (Å²) < 4.78 is 7.13. The number of carboxylic acid groups (broad SMARTS) is 1. The molecule has 3 aromatic carbocycles. The minimum atomic E-state index is -1.60. The number of ether oxygens (including phenoxy) is 1. The quantitative estimate of drug-likeness (QED) is 0.462. The second-order valence-electron chi connectivity index (χ2n) is 8.45. The third-order valence-electron chi connectivity index (χ3n) is 6.21. The van der Waals surface area contributed by atoms with E-state index < -0.39 is 17.6 Å². The number of alkyl carbamates (subject to hydrolysis) is 1. The summed E-state index contributed by atoms with van der Waals surface area (Å²) >= 11 is 0. The van der Waals surface area contributed by atoms with Gasteiger partial charge in [-0.05, 0) is 35.2 Å². The number of amides is 1. The first-order chi connectivity index (χ1) is 16.0. The van der Waals surface area contributed by atoms with Crippen LogP contribution in [-0.4, -0.2) is 39.1 Å². The summed E-state index contributed by atoms with van der Waals surface area (Å²) in [5, 5.41) is 17.6. The zero-order valence-electron chi connectivity index (χ0n) is 18.1. The summed E-state index contributed by atoms with van der Waals surface area (Å²) in [5.41, 5.74) is 3.63. The van der Waals surface area contributed by atoms with Gasteiger partial charge in [0, 0.05) is 11.3 Å². The number of hydrogen-bond acceptors (Lipinski definition) is 4. The molecule has 0 spiro atoms. The molecule has 1 unspecified atom stereocenters. The van der Waals surface area contributed by atoms with Crippen molar-refractivity contribution < 1.29 is 19.4 Å². The molecule has 0 bridgehead atoms. The summed E-state index contributed by atoms with van der Waals surface area (Å²) in [6.07, 6.45) is 0.892. The van der Waals surface area contributed by atoms with Crippen LogP contribution >= 0.6 is 0 Å². The van der Waals surface area contributed by atoms with E-state index in [4.69, 9.17) is 4.74 Å². The molecule has 5 rings (SSSR count). The Morgan fingerprint density at radius 3 is 2.27 bits per heavy atom. The number of nitrogens with one attached hydrogen (secondary N) is 1. The highest BCUT2D eigenvalue weighted by Crippen LogP contribution is 2.44. The molecule has 7 heteroatoms. The van der Waals surface area contributed by atoms with Crippen LogP contribution in [-0.2, 0) is 16.1 Å². The molecule has 1 aliphatic carbocycles. The summed E-state index contributed by atoms with van der Waals surface area (Å²) in [4.78, 5) is 24.8. The normalized spacial score (nSPS) is 14.3. The van der Waals surface area contributed by atoms with E-state index in [9.17, 15) is 14.7 Å². The molecule has 0 radical (unpaired) electrons. The van der Waals surface area contributed by atoms with Crippen molar-refractivity contribution in [3.8, 4) is 11.1 Å². The maximum absolute atomic E-state index is 12.7. The van der Waals surface area contributed by atoms with Crippen LogP contribution in [0.5, 0.6) is 0 Å². The number of benzene rings is 3. The molecule has 0 aliphatic heterocycles. The number of nitrogens with zero attached hydrogens (tertiary/aromatic N) is 2. The van der Waals surface area contributed by atoms with Crippen LogP contribution in [0.15, 0.2) is 79.0 Å². The zero-order chi connectivity index (χ0) is 23.0. The van der Waals surface area contributed by atoms with Gasteiger partial charge in [-0.25, -0.2) is 9.59 Å². The molecule has 1 heterocycles. The first kappa shape index (κ1) is 20.8. The van der Waals surface area contributed by atoms with Gasteiger partial charge in [-0.2, -0.15) is 5.10 Å². The summed E-state index contributed by atoms with van der Waals surface area (Å²) in [6, 6.07) is 23.6. The number of aliphatic carboxylic acids is 1.